The number of hydrogen-bond acceptors (Lipinski definition) is 3. The van der Waals surface area contributed by atoms with Gasteiger partial charge in [0.15, 0.2) is 5.96 Å². The molecule has 1 rings (SSSR count). The van der Waals surface area contributed by atoms with Gasteiger partial charge in [0.1, 0.15) is 5.60 Å². The van der Waals surface area contributed by atoms with Crippen LogP contribution in [0.1, 0.15) is 13.3 Å². The molecule has 0 aliphatic carbocycles. The average Bonchev–Trinajstić information content (AvgIpc) is 2.73. The Hall–Kier alpha value is -1.07. The second-order valence-electron chi connectivity index (χ2n) is 4.20. The van der Waals surface area contributed by atoms with Gasteiger partial charge in [0.2, 0.25) is 0 Å². The van der Waals surface area contributed by atoms with Crippen LogP contribution >= 0.6 is 0 Å². The van der Waals surface area contributed by atoms with Crippen LogP contribution in [0.15, 0.2) is 17.1 Å². The van der Waals surface area contributed by atoms with E-state index in [1.807, 2.05) is 6.92 Å². The van der Waals surface area contributed by atoms with Crippen molar-refractivity contribution in [1.82, 2.24) is 5.32 Å². The highest BCUT2D eigenvalue weighted by molar-refractivity contribution is 5.78. The molecule has 0 saturated carbocycles. The summed E-state index contributed by atoms with van der Waals surface area (Å²) in [6.07, 6.45) is 0.862. The number of rotatable bonds is 5. The molecule has 1 unspecified atom stereocenters. The lowest BCUT2D eigenvalue weighted by atomic mass is 10.0. The molecule has 5 nitrogen and oxygen atoms in total. The molecule has 0 aromatic carbocycles. The number of ether oxygens (including phenoxy) is 2. The Morgan fingerprint density at radius 2 is 2.44 bits per heavy atom. The number of guanidine groups is 1. The Labute approximate surface area is 96.7 Å². The Bertz CT molecular complexity index is 270. The molecule has 1 heterocycles. The SMILES string of the molecule is C=C(C)CNC(N)=NCC1(OC)CCOC1. The van der Waals surface area contributed by atoms with Gasteiger partial charge in [-0.15, -0.1) is 0 Å². The van der Waals surface area contributed by atoms with Gasteiger partial charge < -0.3 is 20.5 Å². The average molecular weight is 227 g/mol. The minimum atomic E-state index is -0.296. The Balaban J connectivity index is 2.40. The maximum absolute atomic E-state index is 5.72. The Kier molecular flexibility index (Phi) is 4.76. The summed E-state index contributed by atoms with van der Waals surface area (Å²) in [7, 11) is 1.68. The third kappa shape index (κ3) is 3.83. The lowest BCUT2D eigenvalue weighted by Crippen LogP contribution is -2.39. The Morgan fingerprint density at radius 1 is 1.69 bits per heavy atom. The van der Waals surface area contributed by atoms with Gasteiger partial charge in [0.05, 0.1) is 13.2 Å². The van der Waals surface area contributed by atoms with Crippen LogP contribution in [0.4, 0.5) is 0 Å². The van der Waals surface area contributed by atoms with Crippen molar-refractivity contribution >= 4 is 5.96 Å². The second kappa shape index (κ2) is 5.86. The molecule has 16 heavy (non-hydrogen) atoms. The number of nitrogens with two attached hydrogens (primary N) is 1. The summed E-state index contributed by atoms with van der Waals surface area (Å²) < 4.78 is 10.8. The lowest BCUT2D eigenvalue weighted by molar-refractivity contribution is -0.00905. The van der Waals surface area contributed by atoms with E-state index in [1.165, 1.54) is 0 Å². The summed E-state index contributed by atoms with van der Waals surface area (Å²) in [6, 6.07) is 0. The summed E-state index contributed by atoms with van der Waals surface area (Å²) in [5.41, 5.74) is 6.44. The van der Waals surface area contributed by atoms with Crippen LogP contribution in [0.3, 0.4) is 0 Å². The zero-order valence-corrected chi connectivity index (χ0v) is 10.1. The van der Waals surface area contributed by atoms with E-state index in [4.69, 9.17) is 15.2 Å². The summed E-state index contributed by atoms with van der Waals surface area (Å²) in [5.74, 6) is 0.423. The van der Waals surface area contributed by atoms with Gasteiger partial charge in [0.25, 0.3) is 0 Å². The zero-order valence-electron chi connectivity index (χ0n) is 10.1. The van der Waals surface area contributed by atoms with Gasteiger partial charge in [-0.25, -0.2) is 0 Å². The molecule has 1 saturated heterocycles. The molecule has 1 atom stereocenters. The minimum Gasteiger partial charge on any atom is -0.378 e. The first-order valence-electron chi connectivity index (χ1n) is 5.39. The van der Waals surface area contributed by atoms with Crippen LogP contribution in [-0.4, -0.2) is 45.0 Å². The summed E-state index contributed by atoms with van der Waals surface area (Å²) in [5, 5.41) is 2.98. The maximum atomic E-state index is 5.72. The van der Waals surface area contributed by atoms with Crippen LogP contribution in [0.25, 0.3) is 0 Å². The Morgan fingerprint density at radius 3 is 2.94 bits per heavy atom. The molecule has 0 aromatic rings. The summed E-state index contributed by atoms with van der Waals surface area (Å²) >= 11 is 0. The fourth-order valence-electron chi connectivity index (χ4n) is 1.47. The molecule has 1 aliphatic rings. The van der Waals surface area contributed by atoms with Crippen molar-refractivity contribution in [2.24, 2.45) is 10.7 Å². The summed E-state index contributed by atoms with van der Waals surface area (Å²) in [4.78, 5) is 4.26. The molecule has 0 spiro atoms. The minimum absolute atomic E-state index is 0.296. The molecule has 0 amide bonds. The van der Waals surface area contributed by atoms with Crippen molar-refractivity contribution in [3.05, 3.63) is 12.2 Å². The molecule has 0 aromatic heterocycles. The number of aliphatic imine (C=N–C) groups is 1. The van der Waals surface area contributed by atoms with Crippen molar-refractivity contribution in [1.29, 1.82) is 0 Å². The molecule has 92 valence electrons. The van der Waals surface area contributed by atoms with E-state index in [-0.39, 0.29) is 5.60 Å². The standard InChI is InChI=1S/C11H21N3O2/c1-9(2)6-13-10(12)14-7-11(15-3)4-5-16-8-11/h1,4-8H2,2-3H3,(H3,12,13,14). The predicted octanol–water partition coefficient (Wildman–Crippen LogP) is 0.272. The number of nitrogens with zero attached hydrogens (tertiary/aromatic N) is 1. The topological polar surface area (TPSA) is 68.9 Å². The van der Waals surface area contributed by atoms with Gasteiger partial charge in [-0.05, 0) is 6.92 Å². The zero-order chi connectivity index (χ0) is 12.0. The highest BCUT2D eigenvalue weighted by Gasteiger charge is 2.34. The van der Waals surface area contributed by atoms with Crippen LogP contribution in [0, 0.1) is 0 Å². The fraction of sp³-hybridized carbons (Fsp3) is 0.727. The maximum Gasteiger partial charge on any atom is 0.188 e. The molecule has 3 N–H and O–H groups in total. The van der Waals surface area contributed by atoms with Crippen LogP contribution in [0.2, 0.25) is 0 Å². The number of hydrogen-bond donors (Lipinski definition) is 2. The van der Waals surface area contributed by atoms with Gasteiger partial charge in [-0.3, -0.25) is 4.99 Å². The highest BCUT2D eigenvalue weighted by atomic mass is 16.5. The second-order valence-corrected chi connectivity index (χ2v) is 4.20. The monoisotopic (exact) mass is 227 g/mol. The van der Waals surface area contributed by atoms with Crippen molar-refractivity contribution in [3.63, 3.8) is 0 Å². The molecule has 5 heteroatoms. The number of methoxy groups -OCH3 is 1. The fourth-order valence-corrected chi connectivity index (χ4v) is 1.47. The van der Waals surface area contributed by atoms with Crippen molar-refractivity contribution in [2.75, 3.05) is 33.4 Å². The van der Waals surface area contributed by atoms with Gasteiger partial charge in [-0.1, -0.05) is 12.2 Å². The normalized spacial score (nSPS) is 25.8. The number of nitrogens with one attached hydrogen (secondary N) is 1. The first-order chi connectivity index (χ1) is 7.58. The van der Waals surface area contributed by atoms with E-state index >= 15 is 0 Å². The van der Waals surface area contributed by atoms with Crippen LogP contribution in [0.5, 0.6) is 0 Å². The van der Waals surface area contributed by atoms with E-state index in [1.54, 1.807) is 7.11 Å². The summed E-state index contributed by atoms with van der Waals surface area (Å²) in [6.45, 7) is 8.19. The van der Waals surface area contributed by atoms with Crippen molar-refractivity contribution in [3.8, 4) is 0 Å². The molecular formula is C11H21N3O2. The molecule has 1 fully saturated rings. The highest BCUT2D eigenvalue weighted by Crippen LogP contribution is 2.22. The molecule has 0 radical (unpaired) electrons. The molecule has 0 bridgehead atoms. The van der Waals surface area contributed by atoms with E-state index in [0.717, 1.165) is 18.6 Å². The quantitative estimate of drug-likeness (QED) is 0.402. The van der Waals surface area contributed by atoms with E-state index in [9.17, 15) is 0 Å². The van der Waals surface area contributed by atoms with E-state index < -0.39 is 0 Å². The first-order valence-corrected chi connectivity index (χ1v) is 5.39. The first kappa shape index (κ1) is 13.0. The van der Waals surface area contributed by atoms with E-state index in [2.05, 4.69) is 16.9 Å². The van der Waals surface area contributed by atoms with Crippen LogP contribution < -0.4 is 11.1 Å². The third-order valence-electron chi connectivity index (χ3n) is 2.61. The van der Waals surface area contributed by atoms with E-state index in [0.29, 0.717) is 25.7 Å². The lowest BCUT2D eigenvalue weighted by Gasteiger charge is -2.23. The van der Waals surface area contributed by atoms with Crippen molar-refractivity contribution in [2.45, 2.75) is 18.9 Å². The predicted molar refractivity (Wildman–Crippen MR) is 64.5 cm³/mol. The third-order valence-corrected chi connectivity index (χ3v) is 2.61. The largest absolute Gasteiger partial charge is 0.378 e. The van der Waals surface area contributed by atoms with Gasteiger partial charge in [0, 0.05) is 26.7 Å². The van der Waals surface area contributed by atoms with Gasteiger partial charge in [-0.2, -0.15) is 0 Å². The molecule has 1 aliphatic heterocycles. The molecular weight excluding hydrogens is 206 g/mol. The van der Waals surface area contributed by atoms with Crippen molar-refractivity contribution < 1.29 is 9.47 Å². The van der Waals surface area contributed by atoms with Gasteiger partial charge >= 0.3 is 0 Å². The van der Waals surface area contributed by atoms with Crippen LogP contribution in [-0.2, 0) is 9.47 Å². The smallest absolute Gasteiger partial charge is 0.188 e.